The van der Waals surface area contributed by atoms with Crippen molar-refractivity contribution in [2.45, 2.75) is 25.7 Å². The lowest BCUT2D eigenvalue weighted by Gasteiger charge is -2.23. The van der Waals surface area contributed by atoms with Crippen molar-refractivity contribution in [3.8, 4) is 0 Å². The summed E-state index contributed by atoms with van der Waals surface area (Å²) in [4.78, 5) is 2.43. The van der Waals surface area contributed by atoms with Gasteiger partial charge in [0.25, 0.3) is 0 Å². The summed E-state index contributed by atoms with van der Waals surface area (Å²) in [5.74, 6) is 0.238. The average molecular weight is 205 g/mol. The third kappa shape index (κ3) is 2.15. The van der Waals surface area contributed by atoms with Gasteiger partial charge in [0.2, 0.25) is 0 Å². The molecule has 2 rings (SSSR count). The van der Waals surface area contributed by atoms with Gasteiger partial charge in [-0.05, 0) is 24.5 Å². The zero-order valence-corrected chi connectivity index (χ0v) is 9.32. The van der Waals surface area contributed by atoms with Crippen LogP contribution in [-0.4, -0.2) is 24.8 Å². The minimum Gasteiger partial charge on any atom is -0.396 e. The van der Waals surface area contributed by atoms with Gasteiger partial charge in [-0.15, -0.1) is 0 Å². The van der Waals surface area contributed by atoms with Crippen LogP contribution in [0, 0.1) is 0 Å². The van der Waals surface area contributed by atoms with Crippen LogP contribution < -0.4 is 4.90 Å². The predicted molar refractivity (Wildman–Crippen MR) is 63.4 cm³/mol. The molecular weight excluding hydrogens is 186 g/mol. The summed E-state index contributed by atoms with van der Waals surface area (Å²) in [5, 5.41) is 9.24. The number of hydrogen-bond acceptors (Lipinski definition) is 2. The molecule has 0 amide bonds. The largest absolute Gasteiger partial charge is 0.396 e. The Labute approximate surface area is 91.5 Å². The zero-order valence-electron chi connectivity index (χ0n) is 9.32. The van der Waals surface area contributed by atoms with Crippen molar-refractivity contribution in [1.82, 2.24) is 0 Å². The molecule has 1 atom stereocenters. The van der Waals surface area contributed by atoms with Crippen LogP contribution in [-0.2, 0) is 0 Å². The number of para-hydroxylation sites is 1. The molecule has 0 saturated carbocycles. The second kappa shape index (κ2) is 4.67. The molecule has 1 fully saturated rings. The number of nitrogens with zero attached hydrogens (tertiary/aromatic N) is 1. The standard InChI is InChI=1S/C13H19NO/c1-11(10-15)12-6-2-3-7-13(12)14-8-4-5-9-14/h2-3,6-7,11,15H,4-5,8-10H2,1H3. The molecule has 1 aromatic carbocycles. The van der Waals surface area contributed by atoms with Crippen molar-refractivity contribution in [3.05, 3.63) is 29.8 Å². The van der Waals surface area contributed by atoms with Crippen molar-refractivity contribution < 1.29 is 5.11 Å². The normalized spacial score (nSPS) is 18.1. The summed E-state index contributed by atoms with van der Waals surface area (Å²) in [6, 6.07) is 8.45. The summed E-state index contributed by atoms with van der Waals surface area (Å²) < 4.78 is 0. The van der Waals surface area contributed by atoms with Gasteiger partial charge in [-0.1, -0.05) is 25.1 Å². The van der Waals surface area contributed by atoms with E-state index >= 15 is 0 Å². The van der Waals surface area contributed by atoms with Crippen molar-refractivity contribution in [2.75, 3.05) is 24.6 Å². The fraction of sp³-hybridized carbons (Fsp3) is 0.538. The molecule has 1 aromatic rings. The first-order valence-electron chi connectivity index (χ1n) is 5.77. The monoisotopic (exact) mass is 205 g/mol. The molecule has 0 radical (unpaired) electrons. The lowest BCUT2D eigenvalue weighted by Crippen LogP contribution is -2.20. The number of aliphatic hydroxyl groups excluding tert-OH is 1. The average Bonchev–Trinajstić information content (AvgIpc) is 2.81. The third-order valence-electron chi connectivity index (χ3n) is 3.19. The topological polar surface area (TPSA) is 23.5 Å². The first-order valence-corrected chi connectivity index (χ1v) is 5.77. The summed E-state index contributed by atoms with van der Waals surface area (Å²) in [7, 11) is 0. The molecule has 0 spiro atoms. The molecule has 2 heteroatoms. The molecule has 1 N–H and O–H groups in total. The zero-order chi connectivity index (χ0) is 10.7. The predicted octanol–water partition coefficient (Wildman–Crippen LogP) is 2.38. The maximum atomic E-state index is 9.24. The Kier molecular flexibility index (Phi) is 3.27. The molecule has 0 aromatic heterocycles. The highest BCUT2D eigenvalue weighted by Crippen LogP contribution is 2.29. The van der Waals surface area contributed by atoms with Gasteiger partial charge in [0.15, 0.2) is 0 Å². The van der Waals surface area contributed by atoms with E-state index in [9.17, 15) is 5.11 Å². The van der Waals surface area contributed by atoms with E-state index in [1.165, 1.54) is 24.1 Å². The third-order valence-corrected chi connectivity index (χ3v) is 3.19. The van der Waals surface area contributed by atoms with Gasteiger partial charge in [0.1, 0.15) is 0 Å². The SMILES string of the molecule is CC(CO)c1ccccc1N1CCCC1. The number of aliphatic hydroxyl groups is 1. The lowest BCUT2D eigenvalue weighted by molar-refractivity contribution is 0.273. The smallest absolute Gasteiger partial charge is 0.0497 e. The summed E-state index contributed by atoms with van der Waals surface area (Å²) in [5.41, 5.74) is 2.60. The van der Waals surface area contributed by atoms with E-state index in [4.69, 9.17) is 0 Å². The molecule has 0 bridgehead atoms. The van der Waals surface area contributed by atoms with Crippen LogP contribution in [0.15, 0.2) is 24.3 Å². The molecule has 1 aliphatic rings. The minimum absolute atomic E-state index is 0.227. The van der Waals surface area contributed by atoms with E-state index in [2.05, 4.69) is 36.1 Å². The Hall–Kier alpha value is -1.02. The van der Waals surface area contributed by atoms with Crippen molar-refractivity contribution in [2.24, 2.45) is 0 Å². The van der Waals surface area contributed by atoms with Crippen molar-refractivity contribution in [3.63, 3.8) is 0 Å². The van der Waals surface area contributed by atoms with Gasteiger partial charge in [-0.25, -0.2) is 0 Å². The van der Waals surface area contributed by atoms with Crippen LogP contribution in [0.25, 0.3) is 0 Å². The maximum Gasteiger partial charge on any atom is 0.0497 e. The fourth-order valence-electron chi connectivity index (χ4n) is 2.25. The molecule has 15 heavy (non-hydrogen) atoms. The molecule has 0 aliphatic carbocycles. The van der Waals surface area contributed by atoms with Crippen LogP contribution in [0.1, 0.15) is 31.2 Å². The van der Waals surface area contributed by atoms with Crippen molar-refractivity contribution in [1.29, 1.82) is 0 Å². The Balaban J connectivity index is 2.28. The second-order valence-electron chi connectivity index (χ2n) is 4.34. The van der Waals surface area contributed by atoms with Crippen LogP contribution in [0.4, 0.5) is 5.69 Å². The van der Waals surface area contributed by atoms with E-state index in [0.29, 0.717) is 0 Å². The lowest BCUT2D eigenvalue weighted by atomic mass is 9.99. The van der Waals surface area contributed by atoms with Gasteiger partial charge in [-0.2, -0.15) is 0 Å². The van der Waals surface area contributed by atoms with Crippen LogP contribution in [0.5, 0.6) is 0 Å². The molecule has 1 heterocycles. The maximum absolute atomic E-state index is 9.24. The molecule has 1 unspecified atom stereocenters. The van der Waals surface area contributed by atoms with Gasteiger partial charge in [0, 0.05) is 31.3 Å². The van der Waals surface area contributed by atoms with E-state index in [1.807, 2.05) is 0 Å². The van der Waals surface area contributed by atoms with Crippen LogP contribution in [0.3, 0.4) is 0 Å². The van der Waals surface area contributed by atoms with Crippen LogP contribution in [0.2, 0.25) is 0 Å². The Morgan fingerprint density at radius 3 is 2.60 bits per heavy atom. The number of anilines is 1. The molecule has 1 saturated heterocycles. The van der Waals surface area contributed by atoms with Gasteiger partial charge in [-0.3, -0.25) is 0 Å². The highest BCUT2D eigenvalue weighted by Gasteiger charge is 2.17. The summed E-state index contributed by atoms with van der Waals surface area (Å²) >= 11 is 0. The highest BCUT2D eigenvalue weighted by molar-refractivity contribution is 5.55. The number of benzene rings is 1. The quantitative estimate of drug-likeness (QED) is 0.819. The Bertz CT molecular complexity index is 318. The first-order chi connectivity index (χ1) is 7.33. The Morgan fingerprint density at radius 1 is 1.27 bits per heavy atom. The minimum atomic E-state index is 0.227. The fourth-order valence-corrected chi connectivity index (χ4v) is 2.25. The molecule has 82 valence electrons. The van der Waals surface area contributed by atoms with Crippen LogP contribution >= 0.6 is 0 Å². The van der Waals surface area contributed by atoms with E-state index < -0.39 is 0 Å². The summed E-state index contributed by atoms with van der Waals surface area (Å²) in [6.07, 6.45) is 2.59. The number of rotatable bonds is 3. The van der Waals surface area contributed by atoms with E-state index in [-0.39, 0.29) is 12.5 Å². The van der Waals surface area contributed by atoms with Gasteiger partial charge in [0.05, 0.1) is 0 Å². The van der Waals surface area contributed by atoms with Crippen molar-refractivity contribution >= 4 is 5.69 Å². The van der Waals surface area contributed by atoms with E-state index in [1.54, 1.807) is 0 Å². The summed E-state index contributed by atoms with van der Waals surface area (Å²) in [6.45, 7) is 4.63. The Morgan fingerprint density at radius 2 is 1.93 bits per heavy atom. The van der Waals surface area contributed by atoms with Gasteiger partial charge < -0.3 is 10.0 Å². The van der Waals surface area contributed by atoms with E-state index in [0.717, 1.165) is 13.1 Å². The number of hydrogen-bond donors (Lipinski definition) is 1. The molecule has 2 nitrogen and oxygen atoms in total. The molecule has 1 aliphatic heterocycles. The second-order valence-corrected chi connectivity index (χ2v) is 4.34. The highest BCUT2D eigenvalue weighted by atomic mass is 16.3. The first kappa shape index (κ1) is 10.5. The van der Waals surface area contributed by atoms with Gasteiger partial charge >= 0.3 is 0 Å². The molecular formula is C13H19NO.